The molecule has 0 bridgehead atoms. The number of carbonyl (C=O) groups excluding carboxylic acids is 1. The number of amides is 1. The molecule has 0 aliphatic heterocycles. The molecule has 2 rings (SSSR count). The van der Waals surface area contributed by atoms with E-state index in [9.17, 15) is 4.79 Å². The number of anilines is 1. The predicted molar refractivity (Wildman–Crippen MR) is 69.3 cm³/mol. The minimum atomic E-state index is -0.456. The van der Waals surface area contributed by atoms with Crippen molar-refractivity contribution in [2.75, 3.05) is 11.9 Å². The summed E-state index contributed by atoms with van der Waals surface area (Å²) < 4.78 is 0. The lowest BCUT2D eigenvalue weighted by molar-refractivity contribution is 0.1000. The molecule has 0 atom stereocenters. The Morgan fingerprint density at radius 2 is 2.29 bits per heavy atom. The first-order valence-electron chi connectivity index (χ1n) is 5.28. The van der Waals surface area contributed by atoms with Gasteiger partial charge in [-0.25, -0.2) is 4.98 Å². The third kappa shape index (κ3) is 3.29. The third-order valence-corrected chi connectivity index (χ3v) is 3.24. The smallest absolute Gasteiger partial charge is 0.250 e. The fourth-order valence-corrected chi connectivity index (χ4v) is 2.12. The molecular formula is C12H13N3OS. The molecule has 17 heavy (non-hydrogen) atoms. The molecule has 0 saturated heterocycles. The second kappa shape index (κ2) is 5.45. The lowest BCUT2D eigenvalue weighted by atomic mass is 10.2. The van der Waals surface area contributed by atoms with Crippen molar-refractivity contribution >= 4 is 23.1 Å². The number of pyridine rings is 1. The third-order valence-electron chi connectivity index (χ3n) is 2.31. The monoisotopic (exact) mass is 247 g/mol. The normalized spacial score (nSPS) is 10.1. The van der Waals surface area contributed by atoms with Gasteiger partial charge in [0, 0.05) is 17.6 Å². The van der Waals surface area contributed by atoms with Crippen molar-refractivity contribution in [2.24, 2.45) is 5.73 Å². The highest BCUT2D eigenvalue weighted by molar-refractivity contribution is 7.09. The fraction of sp³-hybridized carbons (Fsp3) is 0.167. The minimum absolute atomic E-state index is 0.425. The van der Waals surface area contributed by atoms with Gasteiger partial charge in [-0.1, -0.05) is 6.07 Å². The van der Waals surface area contributed by atoms with E-state index in [1.54, 1.807) is 23.5 Å². The van der Waals surface area contributed by atoms with Crippen LogP contribution in [0.25, 0.3) is 0 Å². The second-order valence-corrected chi connectivity index (χ2v) is 4.58. The van der Waals surface area contributed by atoms with Crippen LogP contribution >= 0.6 is 11.3 Å². The van der Waals surface area contributed by atoms with Gasteiger partial charge in [-0.3, -0.25) is 4.79 Å². The van der Waals surface area contributed by atoms with E-state index in [0.29, 0.717) is 5.56 Å². The summed E-state index contributed by atoms with van der Waals surface area (Å²) in [5.74, 6) is 0.300. The van der Waals surface area contributed by atoms with E-state index in [4.69, 9.17) is 5.73 Å². The van der Waals surface area contributed by atoms with E-state index in [0.717, 1.165) is 18.8 Å². The number of thiophene rings is 1. The molecule has 0 spiro atoms. The van der Waals surface area contributed by atoms with Crippen molar-refractivity contribution in [1.29, 1.82) is 0 Å². The molecular weight excluding hydrogens is 234 g/mol. The summed E-state index contributed by atoms with van der Waals surface area (Å²) in [5.41, 5.74) is 5.55. The second-order valence-electron chi connectivity index (χ2n) is 3.55. The summed E-state index contributed by atoms with van der Waals surface area (Å²) in [6.45, 7) is 0.823. The maximum atomic E-state index is 10.8. The van der Waals surface area contributed by atoms with Crippen molar-refractivity contribution < 1.29 is 4.79 Å². The van der Waals surface area contributed by atoms with Crippen molar-refractivity contribution in [3.8, 4) is 0 Å². The molecule has 0 aromatic carbocycles. The van der Waals surface area contributed by atoms with E-state index < -0.39 is 5.91 Å². The van der Waals surface area contributed by atoms with Crippen LogP contribution < -0.4 is 11.1 Å². The first-order chi connectivity index (χ1) is 8.25. The number of aromatic nitrogens is 1. The Balaban J connectivity index is 1.85. The van der Waals surface area contributed by atoms with Crippen LogP contribution in [0.5, 0.6) is 0 Å². The highest BCUT2D eigenvalue weighted by Crippen LogP contribution is 2.10. The van der Waals surface area contributed by atoms with E-state index in [2.05, 4.69) is 21.7 Å². The van der Waals surface area contributed by atoms with Gasteiger partial charge in [-0.2, -0.15) is 0 Å². The van der Waals surface area contributed by atoms with E-state index >= 15 is 0 Å². The number of nitrogens with one attached hydrogen (secondary N) is 1. The molecule has 88 valence electrons. The average Bonchev–Trinajstić information content (AvgIpc) is 2.83. The molecule has 2 heterocycles. The van der Waals surface area contributed by atoms with Gasteiger partial charge in [-0.15, -0.1) is 11.3 Å². The van der Waals surface area contributed by atoms with Gasteiger partial charge in [0.25, 0.3) is 0 Å². The number of hydrogen-bond acceptors (Lipinski definition) is 4. The number of nitrogens with two attached hydrogens (primary N) is 1. The Hall–Kier alpha value is -1.88. The van der Waals surface area contributed by atoms with Crippen LogP contribution in [0.4, 0.5) is 5.82 Å². The van der Waals surface area contributed by atoms with Gasteiger partial charge >= 0.3 is 0 Å². The van der Waals surface area contributed by atoms with E-state index in [-0.39, 0.29) is 0 Å². The summed E-state index contributed by atoms with van der Waals surface area (Å²) >= 11 is 1.74. The molecule has 0 unspecified atom stereocenters. The summed E-state index contributed by atoms with van der Waals surface area (Å²) in [7, 11) is 0. The molecule has 4 nitrogen and oxygen atoms in total. The molecule has 0 aliphatic rings. The molecule has 5 heteroatoms. The Labute approximate surface area is 103 Å². The highest BCUT2D eigenvalue weighted by atomic mass is 32.1. The van der Waals surface area contributed by atoms with Crippen LogP contribution in [-0.2, 0) is 6.42 Å². The predicted octanol–water partition coefficient (Wildman–Crippen LogP) is 1.90. The molecule has 1 amide bonds. The van der Waals surface area contributed by atoms with Crippen LogP contribution in [0.1, 0.15) is 15.2 Å². The minimum Gasteiger partial charge on any atom is -0.370 e. The zero-order valence-electron chi connectivity index (χ0n) is 9.22. The van der Waals surface area contributed by atoms with E-state index in [1.165, 1.54) is 11.1 Å². The standard InChI is InChI=1S/C12H13N3OS/c13-12(16)9-3-4-11(15-8-9)14-6-5-10-2-1-7-17-10/h1-4,7-8H,5-6H2,(H2,13,16)(H,14,15). The lowest BCUT2D eigenvalue weighted by Gasteiger charge is -2.04. The molecule has 3 N–H and O–H groups in total. The number of carbonyl (C=O) groups is 1. The quantitative estimate of drug-likeness (QED) is 0.848. The highest BCUT2D eigenvalue weighted by Gasteiger charge is 2.00. The summed E-state index contributed by atoms with van der Waals surface area (Å²) in [5, 5.41) is 5.26. The van der Waals surface area contributed by atoms with Crippen LogP contribution in [0.2, 0.25) is 0 Å². The van der Waals surface area contributed by atoms with Crippen LogP contribution in [0, 0.1) is 0 Å². The summed E-state index contributed by atoms with van der Waals surface area (Å²) in [4.78, 5) is 16.3. The summed E-state index contributed by atoms with van der Waals surface area (Å²) in [6, 6.07) is 7.58. The molecule has 0 radical (unpaired) electrons. The summed E-state index contributed by atoms with van der Waals surface area (Å²) in [6.07, 6.45) is 2.45. The van der Waals surface area contributed by atoms with Crippen molar-refractivity contribution in [1.82, 2.24) is 4.98 Å². The number of hydrogen-bond donors (Lipinski definition) is 2. The zero-order chi connectivity index (χ0) is 12.1. The number of primary amides is 1. The first kappa shape index (κ1) is 11.6. The number of nitrogens with zero attached hydrogens (tertiary/aromatic N) is 1. The van der Waals surface area contributed by atoms with Crippen molar-refractivity contribution in [2.45, 2.75) is 6.42 Å². The van der Waals surface area contributed by atoms with E-state index in [1.807, 2.05) is 6.07 Å². The van der Waals surface area contributed by atoms with Crippen LogP contribution in [0.3, 0.4) is 0 Å². The Bertz CT molecular complexity index is 479. The van der Waals surface area contributed by atoms with Gasteiger partial charge in [-0.05, 0) is 30.0 Å². The lowest BCUT2D eigenvalue weighted by Crippen LogP contribution is -2.12. The van der Waals surface area contributed by atoms with Gasteiger partial charge in [0.15, 0.2) is 0 Å². The molecule has 0 fully saturated rings. The Morgan fingerprint density at radius 3 is 2.88 bits per heavy atom. The van der Waals surface area contributed by atoms with Gasteiger partial charge in [0.1, 0.15) is 5.82 Å². The first-order valence-corrected chi connectivity index (χ1v) is 6.16. The zero-order valence-corrected chi connectivity index (χ0v) is 10.0. The average molecular weight is 247 g/mol. The van der Waals surface area contributed by atoms with Gasteiger partial charge < -0.3 is 11.1 Å². The van der Waals surface area contributed by atoms with Gasteiger partial charge in [0.05, 0.1) is 5.56 Å². The molecule has 0 aliphatic carbocycles. The maximum absolute atomic E-state index is 10.8. The van der Waals surface area contributed by atoms with Crippen molar-refractivity contribution in [3.05, 3.63) is 46.3 Å². The Morgan fingerprint density at radius 1 is 1.41 bits per heavy atom. The molecule has 2 aromatic heterocycles. The fourth-order valence-electron chi connectivity index (χ4n) is 1.41. The SMILES string of the molecule is NC(=O)c1ccc(NCCc2cccs2)nc1. The largest absolute Gasteiger partial charge is 0.370 e. The number of rotatable bonds is 5. The topological polar surface area (TPSA) is 68.0 Å². The van der Waals surface area contributed by atoms with Crippen LogP contribution in [-0.4, -0.2) is 17.4 Å². The maximum Gasteiger partial charge on any atom is 0.250 e. The van der Waals surface area contributed by atoms with Gasteiger partial charge in [0.2, 0.25) is 5.91 Å². The van der Waals surface area contributed by atoms with Crippen LogP contribution in [0.15, 0.2) is 35.8 Å². The molecule has 0 saturated carbocycles. The van der Waals surface area contributed by atoms with Crippen molar-refractivity contribution in [3.63, 3.8) is 0 Å². The Kier molecular flexibility index (Phi) is 3.72. The molecule has 2 aromatic rings.